The first kappa shape index (κ1) is 14.9. The summed E-state index contributed by atoms with van der Waals surface area (Å²) in [6.45, 7) is 3.44. The maximum Gasteiger partial charge on any atom is 0.236 e. The van der Waals surface area contributed by atoms with Crippen molar-refractivity contribution in [3.63, 3.8) is 0 Å². The van der Waals surface area contributed by atoms with E-state index in [0.29, 0.717) is 13.1 Å². The van der Waals surface area contributed by atoms with E-state index in [4.69, 9.17) is 0 Å². The van der Waals surface area contributed by atoms with Gasteiger partial charge < -0.3 is 15.1 Å². The lowest BCUT2D eigenvalue weighted by Gasteiger charge is -2.32. The van der Waals surface area contributed by atoms with Crippen molar-refractivity contribution in [1.82, 2.24) is 15.1 Å². The fourth-order valence-electron chi connectivity index (χ4n) is 2.15. The Morgan fingerprint density at radius 3 is 2.65 bits per heavy atom. The van der Waals surface area contributed by atoms with Crippen molar-refractivity contribution in [2.75, 3.05) is 39.8 Å². The second-order valence-corrected chi connectivity index (χ2v) is 5.02. The molecule has 0 radical (unpaired) electrons. The van der Waals surface area contributed by atoms with Crippen molar-refractivity contribution >= 4 is 5.91 Å². The molecular weight excluding hydrogens is 264 g/mol. The molecule has 1 aliphatic rings. The minimum Gasteiger partial charge on any atom is -0.339 e. The number of amides is 1. The zero-order valence-corrected chi connectivity index (χ0v) is 11.5. The molecule has 4 nitrogen and oxygen atoms in total. The second kappa shape index (κ2) is 6.76. The van der Waals surface area contributed by atoms with Gasteiger partial charge in [-0.25, -0.2) is 8.78 Å². The summed E-state index contributed by atoms with van der Waals surface area (Å²) in [6.07, 6.45) is 0. The molecule has 20 heavy (non-hydrogen) atoms. The fraction of sp³-hybridized carbons (Fsp3) is 0.500. The SMILES string of the molecule is CN1CCN(C(=O)CNCc2cc(F)ccc2F)CC1. The molecule has 1 aromatic carbocycles. The van der Waals surface area contributed by atoms with E-state index in [2.05, 4.69) is 10.2 Å². The molecule has 0 saturated carbocycles. The Bertz CT molecular complexity index is 473. The number of piperazine rings is 1. The molecule has 0 unspecified atom stereocenters. The highest BCUT2D eigenvalue weighted by atomic mass is 19.1. The van der Waals surface area contributed by atoms with Gasteiger partial charge in [-0.1, -0.05) is 0 Å². The number of likely N-dealkylation sites (N-methyl/N-ethyl adjacent to an activating group) is 1. The van der Waals surface area contributed by atoms with Crippen LogP contribution in [0.4, 0.5) is 8.78 Å². The van der Waals surface area contributed by atoms with Crippen LogP contribution < -0.4 is 5.32 Å². The van der Waals surface area contributed by atoms with E-state index in [1.54, 1.807) is 4.90 Å². The third-order valence-electron chi connectivity index (χ3n) is 3.46. The smallest absolute Gasteiger partial charge is 0.236 e. The van der Waals surface area contributed by atoms with Crippen LogP contribution in [0, 0.1) is 11.6 Å². The number of rotatable bonds is 4. The Labute approximate surface area is 117 Å². The molecule has 2 rings (SSSR count). The summed E-state index contributed by atoms with van der Waals surface area (Å²) in [4.78, 5) is 15.9. The summed E-state index contributed by atoms with van der Waals surface area (Å²) in [5.74, 6) is -0.950. The molecule has 0 aromatic heterocycles. The number of carbonyl (C=O) groups excluding carboxylic acids is 1. The second-order valence-electron chi connectivity index (χ2n) is 5.02. The quantitative estimate of drug-likeness (QED) is 0.889. The van der Waals surface area contributed by atoms with Crippen molar-refractivity contribution < 1.29 is 13.6 Å². The molecule has 1 fully saturated rings. The fourth-order valence-corrected chi connectivity index (χ4v) is 2.15. The average molecular weight is 283 g/mol. The molecule has 0 bridgehead atoms. The molecule has 1 aliphatic heterocycles. The van der Waals surface area contributed by atoms with Crippen LogP contribution in [0.25, 0.3) is 0 Å². The molecule has 6 heteroatoms. The van der Waals surface area contributed by atoms with Gasteiger partial charge in [0.15, 0.2) is 0 Å². The number of halogens is 2. The van der Waals surface area contributed by atoms with Crippen LogP contribution in [0.3, 0.4) is 0 Å². The van der Waals surface area contributed by atoms with E-state index in [0.717, 1.165) is 31.3 Å². The minimum atomic E-state index is -0.478. The van der Waals surface area contributed by atoms with Crippen LogP contribution in [0.1, 0.15) is 5.56 Å². The van der Waals surface area contributed by atoms with Crippen LogP contribution in [0.15, 0.2) is 18.2 Å². The molecular formula is C14H19F2N3O. The van der Waals surface area contributed by atoms with Crippen molar-refractivity contribution in [1.29, 1.82) is 0 Å². The predicted molar refractivity (Wildman–Crippen MR) is 72.1 cm³/mol. The lowest BCUT2D eigenvalue weighted by atomic mass is 10.2. The van der Waals surface area contributed by atoms with E-state index in [9.17, 15) is 13.6 Å². The molecule has 1 aromatic rings. The highest BCUT2D eigenvalue weighted by Gasteiger charge is 2.18. The summed E-state index contributed by atoms with van der Waals surface area (Å²) in [7, 11) is 2.02. The van der Waals surface area contributed by atoms with Crippen molar-refractivity contribution in [3.8, 4) is 0 Å². The normalized spacial score (nSPS) is 16.4. The van der Waals surface area contributed by atoms with E-state index in [1.165, 1.54) is 0 Å². The van der Waals surface area contributed by atoms with Gasteiger partial charge in [0.25, 0.3) is 0 Å². The van der Waals surface area contributed by atoms with Crippen LogP contribution in [0.5, 0.6) is 0 Å². The number of nitrogens with one attached hydrogen (secondary N) is 1. The van der Waals surface area contributed by atoms with Crippen LogP contribution >= 0.6 is 0 Å². The number of carbonyl (C=O) groups is 1. The Morgan fingerprint density at radius 1 is 1.25 bits per heavy atom. The van der Waals surface area contributed by atoms with Gasteiger partial charge in [-0.3, -0.25) is 4.79 Å². The maximum atomic E-state index is 13.4. The van der Waals surface area contributed by atoms with Crippen molar-refractivity contribution in [3.05, 3.63) is 35.4 Å². The minimum absolute atomic E-state index is 0.00471. The van der Waals surface area contributed by atoms with Gasteiger partial charge >= 0.3 is 0 Å². The Hall–Kier alpha value is -1.53. The van der Waals surface area contributed by atoms with Gasteiger partial charge in [-0.05, 0) is 25.2 Å². The largest absolute Gasteiger partial charge is 0.339 e. The lowest BCUT2D eigenvalue weighted by Crippen LogP contribution is -2.49. The van der Waals surface area contributed by atoms with Crippen LogP contribution in [-0.4, -0.2) is 55.5 Å². The van der Waals surface area contributed by atoms with Crippen molar-refractivity contribution in [2.45, 2.75) is 6.54 Å². The summed E-state index contributed by atoms with van der Waals surface area (Å²) in [5, 5.41) is 2.87. The van der Waals surface area contributed by atoms with E-state index in [1.807, 2.05) is 7.05 Å². The van der Waals surface area contributed by atoms with E-state index in [-0.39, 0.29) is 24.6 Å². The molecule has 0 atom stereocenters. The molecule has 1 saturated heterocycles. The standard InChI is InChI=1S/C14H19F2N3O/c1-18-4-6-19(7-5-18)14(20)10-17-9-11-8-12(15)2-3-13(11)16/h2-3,8,17H,4-7,9-10H2,1H3. The Kier molecular flexibility index (Phi) is 5.03. The zero-order valence-electron chi connectivity index (χ0n) is 11.5. The van der Waals surface area contributed by atoms with E-state index < -0.39 is 11.6 Å². The summed E-state index contributed by atoms with van der Waals surface area (Å²) in [6, 6.07) is 3.31. The monoisotopic (exact) mass is 283 g/mol. The highest BCUT2D eigenvalue weighted by molar-refractivity contribution is 5.78. The average Bonchev–Trinajstić information content (AvgIpc) is 2.43. The lowest BCUT2D eigenvalue weighted by molar-refractivity contribution is -0.131. The molecule has 1 heterocycles. The number of nitrogens with zero attached hydrogens (tertiary/aromatic N) is 2. The number of benzene rings is 1. The van der Waals surface area contributed by atoms with Gasteiger partial charge in [-0.15, -0.1) is 0 Å². The Morgan fingerprint density at radius 2 is 1.95 bits per heavy atom. The first-order chi connectivity index (χ1) is 9.56. The first-order valence-corrected chi connectivity index (χ1v) is 6.67. The van der Waals surface area contributed by atoms with Crippen molar-refractivity contribution in [2.24, 2.45) is 0 Å². The molecule has 1 N–H and O–H groups in total. The highest BCUT2D eigenvalue weighted by Crippen LogP contribution is 2.09. The third kappa shape index (κ3) is 3.98. The van der Waals surface area contributed by atoms with Gasteiger partial charge in [0.2, 0.25) is 5.91 Å². The number of hydrogen-bond donors (Lipinski definition) is 1. The summed E-state index contributed by atoms with van der Waals surface area (Å²) < 4.78 is 26.4. The van der Waals surface area contributed by atoms with Gasteiger partial charge in [-0.2, -0.15) is 0 Å². The summed E-state index contributed by atoms with van der Waals surface area (Å²) >= 11 is 0. The topological polar surface area (TPSA) is 35.6 Å². The van der Waals surface area contributed by atoms with Crippen LogP contribution in [-0.2, 0) is 11.3 Å². The molecule has 1 amide bonds. The number of hydrogen-bond acceptors (Lipinski definition) is 3. The van der Waals surface area contributed by atoms with Crippen LogP contribution in [0.2, 0.25) is 0 Å². The van der Waals surface area contributed by atoms with Gasteiger partial charge in [0, 0.05) is 38.3 Å². The zero-order chi connectivity index (χ0) is 14.5. The Balaban J connectivity index is 1.78. The maximum absolute atomic E-state index is 13.4. The molecule has 110 valence electrons. The van der Waals surface area contributed by atoms with Gasteiger partial charge in [0.05, 0.1) is 6.54 Å². The predicted octanol–water partition coefficient (Wildman–Crippen LogP) is 0.828. The van der Waals surface area contributed by atoms with Gasteiger partial charge in [0.1, 0.15) is 11.6 Å². The molecule has 0 spiro atoms. The summed E-state index contributed by atoms with van der Waals surface area (Å²) in [5.41, 5.74) is 0.233. The molecule has 0 aliphatic carbocycles. The van der Waals surface area contributed by atoms with E-state index >= 15 is 0 Å². The third-order valence-corrected chi connectivity index (χ3v) is 3.46. The first-order valence-electron chi connectivity index (χ1n) is 6.67.